The Labute approximate surface area is 142 Å². The summed E-state index contributed by atoms with van der Waals surface area (Å²) in [5, 5.41) is 15.0. The maximum absolute atomic E-state index is 4.62. The fraction of sp³-hybridized carbons (Fsp3) is 0.562. The highest BCUT2D eigenvalue weighted by molar-refractivity contribution is 7.11. The second kappa shape index (κ2) is 8.10. The second-order valence-electron chi connectivity index (χ2n) is 5.68. The van der Waals surface area contributed by atoms with Crippen LogP contribution >= 0.6 is 11.3 Å². The molecule has 126 valence electrons. The van der Waals surface area contributed by atoms with Crippen LogP contribution in [0.15, 0.2) is 17.1 Å². The van der Waals surface area contributed by atoms with Crippen LogP contribution in [0, 0.1) is 13.8 Å². The summed E-state index contributed by atoms with van der Waals surface area (Å²) >= 11 is 1.85. The monoisotopic (exact) mass is 334 g/mol. The van der Waals surface area contributed by atoms with E-state index < -0.39 is 0 Å². The van der Waals surface area contributed by atoms with E-state index in [2.05, 4.69) is 58.7 Å². The van der Waals surface area contributed by atoms with Crippen LogP contribution in [-0.4, -0.2) is 33.3 Å². The normalized spacial score (nSPS) is 13.2. The first-order valence-electron chi connectivity index (χ1n) is 7.94. The van der Waals surface area contributed by atoms with Gasteiger partial charge in [0.2, 0.25) is 0 Å². The minimum absolute atomic E-state index is 0.312. The van der Waals surface area contributed by atoms with E-state index in [1.165, 1.54) is 9.75 Å². The van der Waals surface area contributed by atoms with Gasteiger partial charge in [0.05, 0.1) is 0 Å². The maximum Gasteiger partial charge on any atom is 0.191 e. The summed E-state index contributed by atoms with van der Waals surface area (Å²) in [4.78, 5) is 7.36. The van der Waals surface area contributed by atoms with E-state index in [0.717, 1.165) is 30.6 Å². The summed E-state index contributed by atoms with van der Waals surface area (Å²) in [6.45, 7) is 9.66. The zero-order valence-electron chi connectivity index (χ0n) is 14.6. The number of rotatable bonds is 6. The molecule has 0 saturated heterocycles. The van der Waals surface area contributed by atoms with Crippen molar-refractivity contribution in [3.8, 4) is 0 Å². The maximum atomic E-state index is 4.62. The lowest BCUT2D eigenvalue weighted by Gasteiger charge is -2.17. The molecule has 2 aromatic rings. The van der Waals surface area contributed by atoms with Crippen molar-refractivity contribution in [2.24, 2.45) is 12.0 Å². The Hall–Kier alpha value is -1.89. The number of hydrogen-bond donors (Lipinski definition) is 2. The Balaban J connectivity index is 1.96. The van der Waals surface area contributed by atoms with Gasteiger partial charge in [0.1, 0.15) is 12.4 Å². The molecule has 0 bridgehead atoms. The van der Waals surface area contributed by atoms with Crippen molar-refractivity contribution >= 4 is 17.3 Å². The standard InChI is InChI=1S/C16H26N6S/c1-6-17-16(18-10-15-21-20-13(4)22(15)5)19-11(2)9-14-8-7-12(3)23-14/h7-8,11H,6,9-10H2,1-5H3,(H2,17,18,19). The lowest BCUT2D eigenvalue weighted by Crippen LogP contribution is -2.43. The number of aromatic nitrogens is 3. The van der Waals surface area contributed by atoms with Crippen molar-refractivity contribution in [1.82, 2.24) is 25.4 Å². The zero-order valence-corrected chi connectivity index (χ0v) is 15.4. The molecule has 0 aliphatic carbocycles. The van der Waals surface area contributed by atoms with Crippen LogP contribution in [0.2, 0.25) is 0 Å². The van der Waals surface area contributed by atoms with E-state index >= 15 is 0 Å². The van der Waals surface area contributed by atoms with Gasteiger partial charge < -0.3 is 15.2 Å². The van der Waals surface area contributed by atoms with Crippen molar-refractivity contribution in [3.63, 3.8) is 0 Å². The first kappa shape index (κ1) is 17.5. The van der Waals surface area contributed by atoms with Crippen molar-refractivity contribution in [1.29, 1.82) is 0 Å². The highest BCUT2D eigenvalue weighted by atomic mass is 32.1. The predicted octanol–water partition coefficient (Wildman–Crippen LogP) is 2.18. The average molecular weight is 334 g/mol. The first-order chi connectivity index (χ1) is 11.0. The predicted molar refractivity (Wildman–Crippen MR) is 95.9 cm³/mol. The second-order valence-corrected chi connectivity index (χ2v) is 7.05. The van der Waals surface area contributed by atoms with Gasteiger partial charge in [-0.3, -0.25) is 0 Å². The summed E-state index contributed by atoms with van der Waals surface area (Å²) < 4.78 is 1.96. The van der Waals surface area contributed by atoms with Gasteiger partial charge in [0.25, 0.3) is 0 Å². The Morgan fingerprint density at radius 1 is 1.35 bits per heavy atom. The average Bonchev–Trinajstić information content (AvgIpc) is 3.04. The van der Waals surface area contributed by atoms with Crippen LogP contribution in [0.4, 0.5) is 0 Å². The lowest BCUT2D eigenvalue weighted by atomic mass is 10.2. The van der Waals surface area contributed by atoms with E-state index in [9.17, 15) is 0 Å². The van der Waals surface area contributed by atoms with Crippen LogP contribution in [-0.2, 0) is 20.0 Å². The molecule has 2 heterocycles. The van der Waals surface area contributed by atoms with Gasteiger partial charge >= 0.3 is 0 Å². The van der Waals surface area contributed by atoms with E-state index in [1.54, 1.807) is 0 Å². The number of aliphatic imine (C=N–C) groups is 1. The van der Waals surface area contributed by atoms with Crippen LogP contribution in [0.1, 0.15) is 35.3 Å². The Morgan fingerprint density at radius 3 is 2.70 bits per heavy atom. The Bertz CT molecular complexity index is 657. The molecule has 0 aliphatic rings. The summed E-state index contributed by atoms with van der Waals surface area (Å²) in [5.41, 5.74) is 0. The van der Waals surface area contributed by atoms with Crippen LogP contribution < -0.4 is 10.6 Å². The van der Waals surface area contributed by atoms with Gasteiger partial charge in [-0.25, -0.2) is 4.99 Å². The van der Waals surface area contributed by atoms with Crippen LogP contribution in [0.5, 0.6) is 0 Å². The molecule has 1 unspecified atom stereocenters. The fourth-order valence-corrected chi connectivity index (χ4v) is 3.26. The molecule has 0 radical (unpaired) electrons. The van der Waals surface area contributed by atoms with Crippen LogP contribution in [0.3, 0.4) is 0 Å². The quantitative estimate of drug-likeness (QED) is 0.628. The summed E-state index contributed by atoms with van der Waals surface area (Å²) in [7, 11) is 1.96. The first-order valence-corrected chi connectivity index (χ1v) is 8.76. The molecule has 0 saturated carbocycles. The van der Waals surface area contributed by atoms with Gasteiger partial charge in [-0.2, -0.15) is 0 Å². The van der Waals surface area contributed by atoms with Gasteiger partial charge in [-0.1, -0.05) is 0 Å². The minimum Gasteiger partial charge on any atom is -0.357 e. The number of aryl methyl sites for hydroxylation is 2. The fourth-order valence-electron chi connectivity index (χ4n) is 2.24. The number of nitrogens with one attached hydrogen (secondary N) is 2. The van der Waals surface area contributed by atoms with E-state index in [0.29, 0.717) is 12.6 Å². The van der Waals surface area contributed by atoms with Crippen LogP contribution in [0.25, 0.3) is 0 Å². The lowest BCUT2D eigenvalue weighted by molar-refractivity contribution is 0.643. The molecule has 0 amide bonds. The summed E-state index contributed by atoms with van der Waals surface area (Å²) in [6, 6.07) is 4.68. The van der Waals surface area contributed by atoms with Crippen molar-refractivity contribution in [2.45, 2.75) is 46.7 Å². The molecule has 6 nitrogen and oxygen atoms in total. The molecule has 0 aliphatic heterocycles. The number of thiophene rings is 1. The highest BCUT2D eigenvalue weighted by Crippen LogP contribution is 2.16. The summed E-state index contributed by atoms with van der Waals surface area (Å²) in [6.07, 6.45) is 0.992. The van der Waals surface area contributed by atoms with Gasteiger partial charge in [-0.05, 0) is 39.8 Å². The molecule has 7 heteroatoms. The highest BCUT2D eigenvalue weighted by Gasteiger charge is 2.09. The SMILES string of the molecule is CCNC(=NCc1nnc(C)n1C)NC(C)Cc1ccc(C)s1. The molecule has 1 atom stereocenters. The molecular weight excluding hydrogens is 308 g/mol. The topological polar surface area (TPSA) is 67.1 Å². The molecule has 0 spiro atoms. The van der Waals surface area contributed by atoms with Crippen molar-refractivity contribution in [3.05, 3.63) is 33.5 Å². The van der Waals surface area contributed by atoms with E-state index in [1.807, 2.05) is 29.9 Å². The number of nitrogens with zero attached hydrogens (tertiary/aromatic N) is 4. The molecule has 2 aromatic heterocycles. The van der Waals surface area contributed by atoms with Gasteiger partial charge in [-0.15, -0.1) is 21.5 Å². The third-order valence-corrected chi connectivity index (χ3v) is 4.62. The molecule has 2 rings (SSSR count). The number of hydrogen-bond acceptors (Lipinski definition) is 4. The third kappa shape index (κ3) is 5.06. The van der Waals surface area contributed by atoms with E-state index in [-0.39, 0.29) is 0 Å². The smallest absolute Gasteiger partial charge is 0.191 e. The zero-order chi connectivity index (χ0) is 16.8. The van der Waals surface area contributed by atoms with E-state index in [4.69, 9.17) is 0 Å². The Morgan fingerprint density at radius 2 is 2.13 bits per heavy atom. The summed E-state index contributed by atoms with van der Waals surface area (Å²) in [5.74, 6) is 2.57. The molecule has 23 heavy (non-hydrogen) atoms. The van der Waals surface area contributed by atoms with Gasteiger partial charge in [0, 0.05) is 35.8 Å². The molecule has 0 fully saturated rings. The molecule has 2 N–H and O–H groups in total. The molecule has 0 aromatic carbocycles. The van der Waals surface area contributed by atoms with Gasteiger partial charge in [0.15, 0.2) is 11.8 Å². The van der Waals surface area contributed by atoms with Crippen molar-refractivity contribution < 1.29 is 0 Å². The third-order valence-electron chi connectivity index (χ3n) is 3.59. The molecular formula is C16H26N6S. The number of guanidine groups is 1. The van der Waals surface area contributed by atoms with Crippen molar-refractivity contribution in [2.75, 3.05) is 6.54 Å². The largest absolute Gasteiger partial charge is 0.357 e. The Kier molecular flexibility index (Phi) is 6.15. The minimum atomic E-state index is 0.312.